The number of nitriles is 1. The van der Waals surface area contributed by atoms with Crippen molar-refractivity contribution in [2.24, 2.45) is 0 Å². The Balaban J connectivity index is 1.77. The normalized spacial score (nSPS) is 10.7. The van der Waals surface area contributed by atoms with Gasteiger partial charge in [-0.15, -0.1) is 0 Å². The first-order valence-corrected chi connectivity index (χ1v) is 11.5. The van der Waals surface area contributed by atoms with Crippen molar-refractivity contribution in [3.63, 3.8) is 0 Å². The summed E-state index contributed by atoms with van der Waals surface area (Å²) < 4.78 is 24.2. The number of halogens is 2. The van der Waals surface area contributed by atoms with Crippen molar-refractivity contribution >= 4 is 46.8 Å². The highest BCUT2D eigenvalue weighted by Crippen LogP contribution is 2.37. The Morgan fingerprint density at radius 2 is 1.79 bits per heavy atom. The minimum absolute atomic E-state index is 0.0274. The van der Waals surface area contributed by atoms with E-state index in [2.05, 4.69) is 10.6 Å². The van der Waals surface area contributed by atoms with Crippen LogP contribution < -0.4 is 20.1 Å². The number of carbonyl (C=O) groups excluding carboxylic acids is 2. The van der Waals surface area contributed by atoms with Gasteiger partial charge in [-0.05, 0) is 73.2 Å². The van der Waals surface area contributed by atoms with E-state index < -0.39 is 30.2 Å². The third-order valence-corrected chi connectivity index (χ3v) is 5.13. The molecule has 0 aliphatic heterocycles. The first kappa shape index (κ1) is 27.7. The fraction of sp³-hybridized carbons (Fsp3) is 0.111. The third-order valence-electron chi connectivity index (χ3n) is 4.85. The molecular formula is C27H21ClFN3O6. The number of ether oxygens (including phenoxy) is 2. The molecule has 0 aromatic heterocycles. The first-order valence-electron chi connectivity index (χ1n) is 11.1. The minimum Gasteiger partial charge on any atom is -0.490 e. The van der Waals surface area contributed by atoms with Crippen LogP contribution in [0.4, 0.5) is 15.8 Å². The average Bonchev–Trinajstić information content (AvgIpc) is 2.88. The van der Waals surface area contributed by atoms with E-state index in [9.17, 15) is 24.0 Å². The lowest BCUT2D eigenvalue weighted by Gasteiger charge is -2.14. The fourth-order valence-electron chi connectivity index (χ4n) is 3.19. The Morgan fingerprint density at radius 1 is 1.05 bits per heavy atom. The monoisotopic (exact) mass is 537 g/mol. The predicted octanol–water partition coefficient (Wildman–Crippen LogP) is 5.14. The second kappa shape index (κ2) is 12.9. The highest BCUT2D eigenvalue weighted by atomic mass is 35.5. The molecule has 0 saturated heterocycles. The lowest BCUT2D eigenvalue weighted by atomic mass is 10.1. The van der Waals surface area contributed by atoms with Gasteiger partial charge in [0.15, 0.2) is 18.1 Å². The fourth-order valence-corrected chi connectivity index (χ4v) is 3.46. The van der Waals surface area contributed by atoms with E-state index in [1.165, 1.54) is 66.7 Å². The molecular weight excluding hydrogens is 517 g/mol. The predicted molar refractivity (Wildman–Crippen MR) is 139 cm³/mol. The molecule has 0 atom stereocenters. The number of carboxylic acid groups (broad SMARTS) is 1. The van der Waals surface area contributed by atoms with Gasteiger partial charge in [-0.3, -0.25) is 9.59 Å². The Morgan fingerprint density at radius 3 is 2.45 bits per heavy atom. The number of hydrogen-bond donors (Lipinski definition) is 3. The van der Waals surface area contributed by atoms with Crippen LogP contribution in [0.3, 0.4) is 0 Å². The second-order valence-corrected chi connectivity index (χ2v) is 8.02. The molecule has 0 fully saturated rings. The summed E-state index contributed by atoms with van der Waals surface area (Å²) in [7, 11) is 0. The molecule has 38 heavy (non-hydrogen) atoms. The lowest BCUT2D eigenvalue weighted by Crippen LogP contribution is -2.20. The van der Waals surface area contributed by atoms with Crippen molar-refractivity contribution < 1.29 is 33.4 Å². The zero-order valence-electron chi connectivity index (χ0n) is 20.0. The maximum atomic E-state index is 13.0. The maximum absolute atomic E-state index is 13.0. The maximum Gasteiger partial charge on any atom is 0.335 e. The number of nitrogens with zero attached hydrogens (tertiary/aromatic N) is 1. The van der Waals surface area contributed by atoms with E-state index in [-0.39, 0.29) is 40.0 Å². The molecule has 3 aromatic carbocycles. The van der Waals surface area contributed by atoms with E-state index in [1.807, 2.05) is 0 Å². The van der Waals surface area contributed by atoms with Gasteiger partial charge in [0, 0.05) is 11.4 Å². The Labute approximate surface area is 222 Å². The van der Waals surface area contributed by atoms with Gasteiger partial charge in [-0.2, -0.15) is 5.26 Å². The first-order chi connectivity index (χ1) is 18.2. The van der Waals surface area contributed by atoms with Crippen molar-refractivity contribution in [1.82, 2.24) is 0 Å². The zero-order valence-corrected chi connectivity index (χ0v) is 20.7. The molecule has 3 N–H and O–H groups in total. The average molecular weight is 538 g/mol. The molecule has 2 amide bonds. The summed E-state index contributed by atoms with van der Waals surface area (Å²) in [5.41, 5.74) is 0.616. The zero-order chi connectivity index (χ0) is 27.7. The topological polar surface area (TPSA) is 138 Å². The van der Waals surface area contributed by atoms with Gasteiger partial charge in [-0.25, -0.2) is 9.18 Å². The molecule has 0 radical (unpaired) electrons. The number of amides is 2. The second-order valence-electron chi connectivity index (χ2n) is 7.62. The summed E-state index contributed by atoms with van der Waals surface area (Å²) in [5, 5.41) is 23.7. The van der Waals surface area contributed by atoms with Crippen LogP contribution >= 0.6 is 11.6 Å². The standard InChI is InChI=1S/C27H21ClFN3O6/c1-2-37-23-12-16(10-18(14-30)26(34)32-21-5-3-4-17(13-21)27(35)36)11-22(28)25(23)38-15-24(33)31-20-8-6-19(29)7-9-20/h3-13H,2,15H2,1H3,(H,31,33)(H,32,34)(H,35,36)/b18-10-. The van der Waals surface area contributed by atoms with Crippen molar-refractivity contribution in [3.05, 3.63) is 88.2 Å². The molecule has 194 valence electrons. The van der Waals surface area contributed by atoms with Gasteiger partial charge in [-0.1, -0.05) is 17.7 Å². The highest BCUT2D eigenvalue weighted by molar-refractivity contribution is 6.32. The third kappa shape index (κ3) is 7.56. The quantitative estimate of drug-likeness (QED) is 0.240. The van der Waals surface area contributed by atoms with Gasteiger partial charge in [0.25, 0.3) is 11.8 Å². The number of rotatable bonds is 10. The molecule has 0 aliphatic carbocycles. The Kier molecular flexibility index (Phi) is 9.40. The van der Waals surface area contributed by atoms with Crippen LogP contribution in [0.5, 0.6) is 11.5 Å². The van der Waals surface area contributed by atoms with Crippen molar-refractivity contribution in [2.75, 3.05) is 23.8 Å². The molecule has 3 aromatic rings. The van der Waals surface area contributed by atoms with Gasteiger partial charge >= 0.3 is 5.97 Å². The minimum atomic E-state index is -1.16. The molecule has 0 aliphatic rings. The number of benzene rings is 3. The number of hydrogen-bond acceptors (Lipinski definition) is 6. The lowest BCUT2D eigenvalue weighted by molar-refractivity contribution is -0.118. The van der Waals surface area contributed by atoms with E-state index >= 15 is 0 Å². The van der Waals surface area contributed by atoms with Crippen LogP contribution in [0, 0.1) is 17.1 Å². The van der Waals surface area contributed by atoms with Crippen LogP contribution in [0.2, 0.25) is 5.02 Å². The van der Waals surface area contributed by atoms with Crippen molar-refractivity contribution in [3.8, 4) is 17.6 Å². The molecule has 9 nitrogen and oxygen atoms in total. The van der Waals surface area contributed by atoms with Crippen LogP contribution in [-0.2, 0) is 9.59 Å². The molecule has 0 saturated carbocycles. The summed E-state index contributed by atoms with van der Waals surface area (Å²) in [5.74, 6) is -2.63. The molecule has 0 unspecified atom stereocenters. The summed E-state index contributed by atoms with van der Waals surface area (Å²) in [6, 6.07) is 15.5. The summed E-state index contributed by atoms with van der Waals surface area (Å²) in [6.45, 7) is 1.53. The highest BCUT2D eigenvalue weighted by Gasteiger charge is 2.16. The van der Waals surface area contributed by atoms with E-state index in [4.69, 9.17) is 26.2 Å². The van der Waals surface area contributed by atoms with Gasteiger partial charge in [0.1, 0.15) is 17.5 Å². The van der Waals surface area contributed by atoms with Crippen LogP contribution in [0.1, 0.15) is 22.8 Å². The van der Waals surface area contributed by atoms with Crippen LogP contribution in [0.15, 0.2) is 66.2 Å². The summed E-state index contributed by atoms with van der Waals surface area (Å²) in [6.07, 6.45) is 1.27. The molecule has 0 bridgehead atoms. The largest absolute Gasteiger partial charge is 0.490 e. The van der Waals surface area contributed by atoms with Crippen LogP contribution in [0.25, 0.3) is 6.08 Å². The summed E-state index contributed by atoms with van der Waals surface area (Å²) >= 11 is 6.37. The molecule has 0 spiro atoms. The van der Waals surface area contributed by atoms with E-state index in [1.54, 1.807) is 13.0 Å². The van der Waals surface area contributed by atoms with E-state index in [0.29, 0.717) is 11.3 Å². The van der Waals surface area contributed by atoms with Gasteiger partial charge in [0.2, 0.25) is 0 Å². The number of carboxylic acids is 1. The SMILES string of the molecule is CCOc1cc(/C=C(/C#N)C(=O)Nc2cccc(C(=O)O)c2)cc(Cl)c1OCC(=O)Nc1ccc(F)cc1. The number of aromatic carboxylic acids is 1. The summed E-state index contributed by atoms with van der Waals surface area (Å²) in [4.78, 5) is 36.0. The number of carbonyl (C=O) groups is 3. The number of nitrogens with one attached hydrogen (secondary N) is 2. The van der Waals surface area contributed by atoms with Crippen LogP contribution in [-0.4, -0.2) is 36.1 Å². The molecule has 3 rings (SSSR count). The van der Waals surface area contributed by atoms with Gasteiger partial charge < -0.3 is 25.2 Å². The smallest absolute Gasteiger partial charge is 0.335 e. The number of anilines is 2. The Hall–Kier alpha value is -4.88. The van der Waals surface area contributed by atoms with E-state index in [0.717, 1.165) is 0 Å². The van der Waals surface area contributed by atoms with Crippen molar-refractivity contribution in [2.45, 2.75) is 6.92 Å². The Bertz CT molecular complexity index is 1430. The van der Waals surface area contributed by atoms with Gasteiger partial charge in [0.05, 0.1) is 17.2 Å². The van der Waals surface area contributed by atoms with Crippen molar-refractivity contribution in [1.29, 1.82) is 5.26 Å². The molecule has 11 heteroatoms. The molecule has 0 heterocycles.